The van der Waals surface area contributed by atoms with Gasteiger partial charge in [0.1, 0.15) is 6.33 Å². The van der Waals surface area contributed by atoms with Gasteiger partial charge in [0.15, 0.2) is 0 Å². The van der Waals surface area contributed by atoms with Crippen LogP contribution in [0.4, 0.5) is 0 Å². The molecule has 13 aromatic carbocycles. The summed E-state index contributed by atoms with van der Waals surface area (Å²) in [7, 11) is 0. The number of benzene rings is 13. The van der Waals surface area contributed by atoms with E-state index < -0.39 is 0 Å². The Morgan fingerprint density at radius 1 is 0.180 bits per heavy atom. The van der Waals surface area contributed by atoms with E-state index in [0.29, 0.717) is 0 Å². The molecule has 0 saturated carbocycles. The predicted octanol–water partition coefficient (Wildman–Crippen LogP) is 20.5. The summed E-state index contributed by atoms with van der Waals surface area (Å²) in [5.74, 6) is 0. The van der Waals surface area contributed by atoms with Crippen molar-refractivity contribution in [1.29, 1.82) is 0 Å². The zero-order valence-electron chi connectivity index (χ0n) is 47.9. The zero-order valence-corrected chi connectivity index (χ0v) is 47.9. The molecular weight excluding hydrogens is 1080 g/mol. The number of hydrogen-bond donors (Lipinski definition) is 0. The van der Waals surface area contributed by atoms with Gasteiger partial charge in [0.05, 0.1) is 111 Å². The molecule has 0 saturated heterocycles. The van der Waals surface area contributed by atoms with E-state index in [9.17, 15) is 0 Å². The van der Waals surface area contributed by atoms with Crippen LogP contribution in [0, 0.1) is 0 Å². The monoisotopic (exact) mass is 1130 g/mol. The maximum Gasteiger partial charge on any atom is 0.101 e. The first-order chi connectivity index (χ1) is 44.3. The number of para-hydroxylation sites is 13. The highest BCUT2D eigenvalue weighted by atomic mass is 15.2. The van der Waals surface area contributed by atoms with Crippen molar-refractivity contribution in [2.75, 3.05) is 0 Å². The number of fused-ring (bicyclic) bond motifs is 18. The van der Waals surface area contributed by atoms with Crippen molar-refractivity contribution in [3.63, 3.8) is 0 Å². The third kappa shape index (κ3) is 6.42. The minimum atomic E-state index is 0.890. The number of rotatable bonds is 7. The van der Waals surface area contributed by atoms with Crippen molar-refractivity contribution >= 4 is 131 Å². The van der Waals surface area contributed by atoms with Crippen LogP contribution in [0.5, 0.6) is 0 Å². The van der Waals surface area contributed by atoms with Crippen molar-refractivity contribution in [1.82, 2.24) is 37.0 Å². The van der Waals surface area contributed by atoms with E-state index in [1.54, 1.807) is 0 Å². The highest BCUT2D eigenvalue weighted by Gasteiger charge is 2.38. The molecule has 20 aromatic rings. The Bertz CT molecular complexity index is 5900. The van der Waals surface area contributed by atoms with Crippen molar-refractivity contribution < 1.29 is 0 Å². The van der Waals surface area contributed by atoms with Gasteiger partial charge < -0.3 is 27.4 Å². The zero-order chi connectivity index (χ0) is 58.0. The summed E-state index contributed by atoms with van der Waals surface area (Å²) in [6.45, 7) is 0. The first-order valence-corrected chi connectivity index (χ1v) is 30.5. The molecule has 0 aliphatic carbocycles. The molecule has 89 heavy (non-hydrogen) atoms. The summed E-state index contributed by atoms with van der Waals surface area (Å²) in [5, 5.41) is 11.5. The minimum absolute atomic E-state index is 0.890. The average molecular weight is 1140 g/mol. The van der Waals surface area contributed by atoms with Crippen LogP contribution in [0.15, 0.2) is 304 Å². The maximum absolute atomic E-state index is 5.42. The van der Waals surface area contributed by atoms with Crippen LogP contribution in [0.3, 0.4) is 0 Å². The summed E-state index contributed by atoms with van der Waals surface area (Å²) in [6.07, 6.45) is 2.08. The van der Waals surface area contributed by atoms with Gasteiger partial charge in [-0.2, -0.15) is 0 Å². The summed E-state index contributed by atoms with van der Waals surface area (Å²) in [6, 6.07) is 110. The number of hydrogen-bond acceptors (Lipinski definition) is 1. The van der Waals surface area contributed by atoms with E-state index in [1.807, 2.05) is 0 Å². The van der Waals surface area contributed by atoms with Gasteiger partial charge in [-0.15, -0.1) is 0 Å². The van der Waals surface area contributed by atoms with Gasteiger partial charge in [0, 0.05) is 59.5 Å². The molecule has 0 bridgehead atoms. The fourth-order valence-corrected chi connectivity index (χ4v) is 15.5. The standard InChI is InChI=1S/C81H50N8/c1-2-26-51(27-3-1)84-71-47-23-12-36-60(71)75-74(84)61-37-13-24-48-72(61)89(75)81-79(87-67-43-19-8-32-56(67)57-33-9-20-44-68(57)87)77(85-63-39-15-4-28-52(63)53-29-5-16-40-64(53)85)76(83-50-82-62-38-14-25-49-73(62)83)78(86-65-41-17-6-30-54(65)55-31-7-18-42-66(55)86)80(81)88-69-45-21-10-34-58(69)59-35-11-22-46-70(59)88/h1-50H. The fourth-order valence-electron chi connectivity index (χ4n) is 15.5. The van der Waals surface area contributed by atoms with Crippen LogP contribution >= 0.6 is 0 Å². The molecule has 7 aromatic heterocycles. The molecule has 0 spiro atoms. The van der Waals surface area contributed by atoms with Crippen LogP contribution in [0.25, 0.3) is 171 Å². The molecule has 0 aliphatic heterocycles. The van der Waals surface area contributed by atoms with Crippen LogP contribution < -0.4 is 0 Å². The third-order valence-corrected chi connectivity index (χ3v) is 19.0. The van der Waals surface area contributed by atoms with E-state index in [-0.39, 0.29) is 0 Å². The molecule has 0 aliphatic rings. The Morgan fingerprint density at radius 3 is 0.764 bits per heavy atom. The van der Waals surface area contributed by atoms with Crippen LogP contribution in [0.2, 0.25) is 0 Å². The molecule has 414 valence electrons. The van der Waals surface area contributed by atoms with Gasteiger partial charge in [-0.1, -0.05) is 212 Å². The lowest BCUT2D eigenvalue weighted by molar-refractivity contribution is 0.957. The quantitative estimate of drug-likeness (QED) is 0.157. The van der Waals surface area contributed by atoms with Crippen molar-refractivity contribution in [3.8, 4) is 39.8 Å². The lowest BCUT2D eigenvalue weighted by atomic mass is 10.0. The second-order valence-electron chi connectivity index (χ2n) is 23.4. The van der Waals surface area contributed by atoms with E-state index in [1.165, 1.54) is 0 Å². The average Bonchev–Trinajstić information content (AvgIpc) is 1.61. The Labute approximate surface area is 508 Å². The largest absolute Gasteiger partial charge is 0.307 e. The summed E-state index contributed by atoms with van der Waals surface area (Å²) < 4.78 is 18.0. The van der Waals surface area contributed by atoms with E-state index in [0.717, 1.165) is 171 Å². The van der Waals surface area contributed by atoms with Crippen LogP contribution in [-0.2, 0) is 0 Å². The summed E-state index contributed by atoms with van der Waals surface area (Å²) >= 11 is 0. The van der Waals surface area contributed by atoms with Gasteiger partial charge in [-0.25, -0.2) is 4.98 Å². The van der Waals surface area contributed by atoms with E-state index >= 15 is 0 Å². The Kier molecular flexibility index (Phi) is 9.84. The maximum atomic E-state index is 5.42. The minimum Gasteiger partial charge on any atom is -0.307 e. The Hall–Kier alpha value is -12.1. The van der Waals surface area contributed by atoms with Gasteiger partial charge in [0.25, 0.3) is 0 Å². The summed E-state index contributed by atoms with van der Waals surface area (Å²) in [4.78, 5) is 5.42. The van der Waals surface area contributed by atoms with E-state index in [4.69, 9.17) is 4.98 Å². The molecule has 7 heterocycles. The Morgan fingerprint density at radius 2 is 0.416 bits per heavy atom. The number of aromatic nitrogens is 8. The molecule has 0 unspecified atom stereocenters. The molecule has 0 fully saturated rings. The van der Waals surface area contributed by atoms with Gasteiger partial charge in [0.2, 0.25) is 0 Å². The molecule has 8 heteroatoms. The molecule has 0 N–H and O–H groups in total. The second kappa shape index (κ2) is 18.2. The van der Waals surface area contributed by atoms with Gasteiger partial charge in [-0.3, -0.25) is 4.57 Å². The highest BCUT2D eigenvalue weighted by Crippen LogP contribution is 2.54. The van der Waals surface area contributed by atoms with E-state index in [2.05, 4.69) is 336 Å². The van der Waals surface area contributed by atoms with Crippen molar-refractivity contribution in [3.05, 3.63) is 304 Å². The molecule has 20 rings (SSSR count). The van der Waals surface area contributed by atoms with Crippen molar-refractivity contribution in [2.24, 2.45) is 0 Å². The van der Waals surface area contributed by atoms with Crippen LogP contribution in [-0.4, -0.2) is 37.0 Å². The third-order valence-electron chi connectivity index (χ3n) is 19.0. The topological polar surface area (TPSA) is 47.4 Å². The Balaban J connectivity index is 1.20. The second-order valence-corrected chi connectivity index (χ2v) is 23.4. The predicted molar refractivity (Wildman–Crippen MR) is 370 cm³/mol. The van der Waals surface area contributed by atoms with Gasteiger partial charge in [-0.05, 0) is 84.9 Å². The normalized spacial score (nSPS) is 12.3. The first-order valence-electron chi connectivity index (χ1n) is 30.5. The highest BCUT2D eigenvalue weighted by molar-refractivity contribution is 6.23. The molecule has 0 radical (unpaired) electrons. The number of imidazole rings is 1. The molecule has 0 atom stereocenters. The molecule has 0 amide bonds. The molecule has 8 nitrogen and oxygen atoms in total. The number of nitrogens with zero attached hydrogens (tertiary/aromatic N) is 8. The fraction of sp³-hybridized carbons (Fsp3) is 0. The smallest absolute Gasteiger partial charge is 0.101 e. The SMILES string of the molecule is c1ccc(-n2c3ccccc3c3c2c2ccccc2n3-c2c(-n3c4ccccc4c4ccccc43)c(-n3c4ccccc4c4ccccc43)c(-n3cnc4ccccc43)c(-n3c4ccccc4c4ccccc43)c2-n2c3ccccc3c3ccccc32)cc1. The summed E-state index contributed by atoms with van der Waals surface area (Å²) in [5.41, 5.74) is 21.9. The lowest BCUT2D eigenvalue weighted by Gasteiger charge is -2.32. The molecular formula is C81H50N8. The van der Waals surface area contributed by atoms with Gasteiger partial charge >= 0.3 is 0 Å². The van der Waals surface area contributed by atoms with Crippen molar-refractivity contribution in [2.45, 2.75) is 0 Å². The lowest BCUT2D eigenvalue weighted by Crippen LogP contribution is -2.20. The van der Waals surface area contributed by atoms with Crippen LogP contribution in [0.1, 0.15) is 0 Å². The first kappa shape index (κ1) is 48.1.